The summed E-state index contributed by atoms with van der Waals surface area (Å²) in [6, 6.07) is -0.0452. The van der Waals surface area contributed by atoms with E-state index in [9.17, 15) is 14.4 Å². The molecule has 0 aromatic carbocycles. The third kappa shape index (κ3) is 4.17. The maximum Gasteiger partial charge on any atom is 0.355 e. The first-order valence-electron chi connectivity index (χ1n) is 9.47. The van der Waals surface area contributed by atoms with Crippen LogP contribution in [-0.2, 0) is 9.53 Å². The van der Waals surface area contributed by atoms with Crippen LogP contribution in [0.4, 0.5) is 0 Å². The summed E-state index contributed by atoms with van der Waals surface area (Å²) >= 11 is 0. The molecule has 1 aromatic rings. The number of esters is 1. The summed E-state index contributed by atoms with van der Waals surface area (Å²) in [4.78, 5) is 42.4. The number of Topliss-reactive ketones (excluding diaryl/α,β-unsaturated/α-hetero) is 1. The van der Waals surface area contributed by atoms with Gasteiger partial charge in [0.2, 0.25) is 5.91 Å². The average Bonchev–Trinajstić information content (AvgIpc) is 3.20. The lowest BCUT2D eigenvalue weighted by Gasteiger charge is -2.29. The molecule has 144 valence electrons. The predicted molar refractivity (Wildman–Crippen MR) is 99.4 cm³/mol. The maximum absolute atomic E-state index is 12.9. The van der Waals surface area contributed by atoms with E-state index in [-0.39, 0.29) is 36.8 Å². The predicted octanol–water partition coefficient (Wildman–Crippen LogP) is 3.42. The smallest absolute Gasteiger partial charge is 0.355 e. The van der Waals surface area contributed by atoms with Crippen LogP contribution in [0.3, 0.4) is 0 Å². The van der Waals surface area contributed by atoms with Gasteiger partial charge < -0.3 is 14.6 Å². The molecule has 1 heterocycles. The summed E-state index contributed by atoms with van der Waals surface area (Å²) in [5.41, 5.74) is 2.01. The number of hydrogen-bond acceptors (Lipinski definition) is 4. The van der Waals surface area contributed by atoms with Crippen LogP contribution in [0.5, 0.6) is 0 Å². The molecule has 1 aliphatic carbocycles. The van der Waals surface area contributed by atoms with Crippen molar-refractivity contribution in [2.24, 2.45) is 5.92 Å². The summed E-state index contributed by atoms with van der Waals surface area (Å²) in [6.07, 6.45) is 3.97. The van der Waals surface area contributed by atoms with E-state index in [4.69, 9.17) is 4.74 Å². The highest BCUT2D eigenvalue weighted by atomic mass is 16.5. The maximum atomic E-state index is 12.9. The summed E-state index contributed by atoms with van der Waals surface area (Å²) in [5.74, 6) is -0.502. The molecular weight excluding hydrogens is 332 g/mol. The van der Waals surface area contributed by atoms with Gasteiger partial charge in [0.05, 0.1) is 13.2 Å². The highest BCUT2D eigenvalue weighted by molar-refractivity contribution is 6.04. The third-order valence-electron chi connectivity index (χ3n) is 5.12. The summed E-state index contributed by atoms with van der Waals surface area (Å²) in [5, 5.41) is 0. The van der Waals surface area contributed by atoms with Crippen LogP contribution in [0.2, 0.25) is 0 Å². The fourth-order valence-corrected chi connectivity index (χ4v) is 3.73. The number of carbonyl (C=O) groups excluding carboxylic acids is 3. The fraction of sp³-hybridized carbons (Fsp3) is 0.650. The van der Waals surface area contributed by atoms with Gasteiger partial charge in [-0.2, -0.15) is 0 Å². The zero-order chi connectivity index (χ0) is 19.4. The SMILES string of the molecule is CCOC(=O)c1[nH]c(C)c(C(=O)CN(C(=O)C2CCCC2)C(C)C)c1C. The summed E-state index contributed by atoms with van der Waals surface area (Å²) in [6.45, 7) is 9.42. The molecule has 0 radical (unpaired) electrons. The van der Waals surface area contributed by atoms with Gasteiger partial charge in [-0.15, -0.1) is 0 Å². The number of carbonyl (C=O) groups is 3. The number of aromatic amines is 1. The zero-order valence-corrected chi connectivity index (χ0v) is 16.5. The molecule has 0 aliphatic heterocycles. The van der Waals surface area contributed by atoms with Crippen LogP contribution in [0.25, 0.3) is 0 Å². The first-order valence-corrected chi connectivity index (χ1v) is 9.47. The quantitative estimate of drug-likeness (QED) is 0.595. The lowest BCUT2D eigenvalue weighted by atomic mass is 10.0. The second kappa shape index (κ2) is 8.52. The number of hydrogen-bond donors (Lipinski definition) is 1. The third-order valence-corrected chi connectivity index (χ3v) is 5.12. The van der Waals surface area contributed by atoms with Crippen molar-refractivity contribution >= 4 is 17.7 Å². The Balaban J connectivity index is 2.21. The molecule has 0 bridgehead atoms. The van der Waals surface area contributed by atoms with E-state index >= 15 is 0 Å². The number of rotatable bonds is 7. The van der Waals surface area contributed by atoms with Crippen molar-refractivity contribution in [1.29, 1.82) is 0 Å². The van der Waals surface area contributed by atoms with Gasteiger partial charge in [-0.1, -0.05) is 12.8 Å². The minimum atomic E-state index is -0.463. The van der Waals surface area contributed by atoms with E-state index in [0.29, 0.717) is 22.5 Å². The lowest BCUT2D eigenvalue weighted by Crippen LogP contribution is -2.43. The number of aromatic nitrogens is 1. The molecule has 2 rings (SSSR count). The first-order chi connectivity index (χ1) is 12.3. The Bertz CT molecular complexity index is 684. The van der Waals surface area contributed by atoms with Crippen LogP contribution in [0.1, 0.15) is 78.6 Å². The molecule has 1 amide bonds. The van der Waals surface area contributed by atoms with Crippen molar-refractivity contribution in [3.63, 3.8) is 0 Å². The van der Waals surface area contributed by atoms with Crippen molar-refractivity contribution in [3.8, 4) is 0 Å². The highest BCUT2D eigenvalue weighted by Gasteiger charge is 2.31. The van der Waals surface area contributed by atoms with Crippen molar-refractivity contribution in [1.82, 2.24) is 9.88 Å². The van der Waals surface area contributed by atoms with E-state index in [0.717, 1.165) is 25.7 Å². The molecule has 0 atom stereocenters. The Morgan fingerprint density at radius 3 is 2.35 bits per heavy atom. The molecule has 1 fully saturated rings. The van der Waals surface area contributed by atoms with Gasteiger partial charge in [0.25, 0.3) is 0 Å². The van der Waals surface area contributed by atoms with Crippen molar-refractivity contribution in [2.75, 3.05) is 13.2 Å². The minimum Gasteiger partial charge on any atom is -0.461 e. The normalized spacial score (nSPS) is 14.7. The van der Waals surface area contributed by atoms with Crippen LogP contribution in [-0.4, -0.2) is 46.7 Å². The first kappa shape index (κ1) is 20.2. The highest BCUT2D eigenvalue weighted by Crippen LogP contribution is 2.28. The molecule has 26 heavy (non-hydrogen) atoms. The number of ketones is 1. The Morgan fingerprint density at radius 2 is 1.81 bits per heavy atom. The van der Waals surface area contributed by atoms with Crippen LogP contribution in [0, 0.1) is 19.8 Å². The minimum absolute atomic E-state index is 0.0358. The van der Waals surface area contributed by atoms with E-state index < -0.39 is 5.97 Å². The van der Waals surface area contributed by atoms with E-state index in [1.54, 1.807) is 25.7 Å². The van der Waals surface area contributed by atoms with Crippen LogP contribution in [0.15, 0.2) is 0 Å². The second-order valence-corrected chi connectivity index (χ2v) is 7.31. The monoisotopic (exact) mass is 362 g/mol. The van der Waals surface area contributed by atoms with E-state index in [2.05, 4.69) is 4.98 Å². The Morgan fingerprint density at radius 1 is 1.19 bits per heavy atom. The number of nitrogens with zero attached hydrogens (tertiary/aromatic N) is 1. The summed E-state index contributed by atoms with van der Waals surface area (Å²) in [7, 11) is 0. The number of ether oxygens (including phenoxy) is 1. The van der Waals surface area contributed by atoms with E-state index in [1.165, 1.54) is 0 Å². The number of amides is 1. The van der Waals surface area contributed by atoms with Gasteiger partial charge in [-0.3, -0.25) is 9.59 Å². The Labute approximate surface area is 155 Å². The van der Waals surface area contributed by atoms with Crippen molar-refractivity contribution in [3.05, 3.63) is 22.5 Å². The van der Waals surface area contributed by atoms with Crippen LogP contribution < -0.4 is 0 Å². The zero-order valence-electron chi connectivity index (χ0n) is 16.5. The second-order valence-electron chi connectivity index (χ2n) is 7.31. The molecule has 1 aromatic heterocycles. The Hall–Kier alpha value is -2.11. The van der Waals surface area contributed by atoms with Crippen molar-refractivity contribution in [2.45, 2.75) is 66.3 Å². The van der Waals surface area contributed by atoms with Gasteiger partial charge in [0.15, 0.2) is 5.78 Å². The molecule has 1 aliphatic rings. The fourth-order valence-electron chi connectivity index (χ4n) is 3.73. The number of H-pyrrole nitrogens is 1. The molecule has 1 N–H and O–H groups in total. The molecule has 1 saturated carbocycles. The molecular formula is C20H30N2O4. The van der Waals surface area contributed by atoms with Crippen molar-refractivity contribution < 1.29 is 19.1 Å². The lowest BCUT2D eigenvalue weighted by molar-refractivity contribution is -0.136. The van der Waals surface area contributed by atoms with Gasteiger partial charge >= 0.3 is 5.97 Å². The van der Waals surface area contributed by atoms with Gasteiger partial charge in [-0.05, 0) is 53.0 Å². The largest absolute Gasteiger partial charge is 0.461 e. The van der Waals surface area contributed by atoms with Gasteiger partial charge in [0.1, 0.15) is 5.69 Å². The molecule has 6 nitrogen and oxygen atoms in total. The topological polar surface area (TPSA) is 79.5 Å². The molecule has 0 unspecified atom stereocenters. The average molecular weight is 362 g/mol. The van der Waals surface area contributed by atoms with Gasteiger partial charge in [0, 0.05) is 23.2 Å². The van der Waals surface area contributed by atoms with Gasteiger partial charge in [-0.25, -0.2) is 4.79 Å². The summed E-state index contributed by atoms with van der Waals surface area (Å²) < 4.78 is 5.04. The molecule has 0 spiro atoms. The van der Waals surface area contributed by atoms with E-state index in [1.807, 2.05) is 13.8 Å². The molecule has 0 saturated heterocycles. The Kier molecular flexibility index (Phi) is 6.62. The van der Waals surface area contributed by atoms with Crippen LogP contribution >= 0.6 is 0 Å². The number of nitrogens with one attached hydrogen (secondary N) is 1. The standard InChI is InChI=1S/C20H30N2O4/c1-6-26-20(25)18-13(4)17(14(5)21-18)16(23)11-22(12(2)3)19(24)15-9-7-8-10-15/h12,15,21H,6-11H2,1-5H3. The number of aryl methyl sites for hydroxylation is 1. The molecule has 6 heteroatoms.